The second-order valence-corrected chi connectivity index (χ2v) is 20.2. The van der Waals surface area contributed by atoms with Gasteiger partial charge in [0, 0.05) is 42.0 Å². The molecule has 20 heteroatoms. The second-order valence-electron chi connectivity index (χ2n) is 16.6. The zero-order chi connectivity index (χ0) is 47.3. The SMILES string of the molecule is CCCC(=O)OCN(C(=O)[C@@H](NC(=O)[C@H]1CCCCN1C)C(C)CC)[C@H](C[C@@H](O)c1nc(C(=O)N[C@@H](Cc2ccc(O)cc2)C[C@H](C)C(=O)NNC(=O)OCCSSC)cs1)C(C)C. The quantitative estimate of drug-likeness (QED) is 0.0235. The molecule has 1 unspecified atom stereocenters. The van der Waals surface area contributed by atoms with Crippen LogP contribution in [-0.2, 0) is 35.1 Å². The summed E-state index contributed by atoms with van der Waals surface area (Å²) in [6.07, 6.45) is 4.23. The number of esters is 1. The molecule has 2 heterocycles. The molecular formula is C44H69N7O10S3. The zero-order valence-electron chi connectivity index (χ0n) is 38.4. The van der Waals surface area contributed by atoms with Crippen molar-refractivity contribution in [3.63, 3.8) is 0 Å². The number of hydrazine groups is 1. The molecule has 1 aliphatic heterocycles. The number of amides is 5. The lowest BCUT2D eigenvalue weighted by Crippen LogP contribution is -2.59. The number of likely N-dealkylation sites (tertiary alicyclic amines) is 1. The molecule has 1 saturated heterocycles. The minimum atomic E-state index is -1.23. The number of aromatic hydroxyl groups is 1. The largest absolute Gasteiger partial charge is 0.508 e. The second kappa shape index (κ2) is 28.0. The van der Waals surface area contributed by atoms with Gasteiger partial charge in [0.2, 0.25) is 17.7 Å². The van der Waals surface area contributed by atoms with Gasteiger partial charge < -0.3 is 35.2 Å². The maximum Gasteiger partial charge on any atom is 0.426 e. The predicted octanol–water partition coefficient (Wildman–Crippen LogP) is 5.58. The monoisotopic (exact) mass is 951 g/mol. The van der Waals surface area contributed by atoms with Crippen LogP contribution in [0.25, 0.3) is 0 Å². The van der Waals surface area contributed by atoms with E-state index in [-0.39, 0.29) is 72.8 Å². The van der Waals surface area contributed by atoms with Gasteiger partial charge >= 0.3 is 12.1 Å². The van der Waals surface area contributed by atoms with Crippen LogP contribution >= 0.6 is 32.9 Å². The molecule has 1 aromatic heterocycles. The summed E-state index contributed by atoms with van der Waals surface area (Å²) in [6.45, 7) is 11.7. The first kappa shape index (κ1) is 54.2. The number of carbonyl (C=O) groups is 6. The van der Waals surface area contributed by atoms with Crippen LogP contribution in [0.1, 0.15) is 120 Å². The third-order valence-electron chi connectivity index (χ3n) is 11.3. The first-order valence-corrected chi connectivity index (χ1v) is 25.7. The van der Waals surface area contributed by atoms with E-state index in [4.69, 9.17) is 9.47 Å². The van der Waals surface area contributed by atoms with Gasteiger partial charge in [-0.05, 0) is 81.5 Å². The van der Waals surface area contributed by atoms with E-state index in [1.807, 2.05) is 52.8 Å². The van der Waals surface area contributed by atoms with E-state index in [0.717, 1.165) is 36.3 Å². The zero-order valence-corrected chi connectivity index (χ0v) is 40.9. The third kappa shape index (κ3) is 17.7. The Labute approximate surface area is 389 Å². The number of ether oxygens (including phenoxy) is 2. The lowest BCUT2D eigenvalue weighted by Gasteiger charge is -2.39. The number of nitrogens with one attached hydrogen (secondary N) is 4. The van der Waals surface area contributed by atoms with Gasteiger partial charge in [-0.3, -0.25) is 34.3 Å². The summed E-state index contributed by atoms with van der Waals surface area (Å²) >= 11 is 1.07. The number of rotatable bonds is 25. The summed E-state index contributed by atoms with van der Waals surface area (Å²) in [5, 5.41) is 29.3. The van der Waals surface area contributed by atoms with Crippen molar-refractivity contribution >= 4 is 68.6 Å². The number of nitrogens with zero attached hydrogens (tertiary/aromatic N) is 3. The van der Waals surface area contributed by atoms with Crippen LogP contribution in [-0.4, -0.2) is 124 Å². The van der Waals surface area contributed by atoms with Gasteiger partial charge in [-0.2, -0.15) is 0 Å². The number of benzene rings is 1. The van der Waals surface area contributed by atoms with Crippen LogP contribution in [0.15, 0.2) is 29.6 Å². The van der Waals surface area contributed by atoms with Crippen molar-refractivity contribution < 1.29 is 48.5 Å². The molecule has 0 radical (unpaired) electrons. The Morgan fingerprint density at radius 3 is 2.36 bits per heavy atom. The highest BCUT2D eigenvalue weighted by molar-refractivity contribution is 8.76. The molecular weight excluding hydrogens is 883 g/mol. The summed E-state index contributed by atoms with van der Waals surface area (Å²) < 4.78 is 10.7. The van der Waals surface area contributed by atoms with Crippen molar-refractivity contribution in [2.24, 2.45) is 17.8 Å². The van der Waals surface area contributed by atoms with Crippen LogP contribution in [0.2, 0.25) is 0 Å². The van der Waals surface area contributed by atoms with Crippen molar-refractivity contribution in [3.8, 4) is 5.75 Å². The molecule has 2 aromatic rings. The molecule has 358 valence electrons. The van der Waals surface area contributed by atoms with Crippen LogP contribution < -0.4 is 21.5 Å². The summed E-state index contributed by atoms with van der Waals surface area (Å²) in [6, 6.07) is 3.92. The molecule has 3 rings (SSSR count). The van der Waals surface area contributed by atoms with E-state index in [2.05, 4.69) is 26.5 Å². The minimum Gasteiger partial charge on any atom is -0.508 e. The number of aliphatic hydroxyl groups is 1. The summed E-state index contributed by atoms with van der Waals surface area (Å²) in [5.41, 5.74) is 5.43. The lowest BCUT2D eigenvalue weighted by molar-refractivity contribution is -0.159. The Morgan fingerprint density at radius 1 is 1.00 bits per heavy atom. The van der Waals surface area contributed by atoms with Gasteiger partial charge in [0.15, 0.2) is 6.73 Å². The van der Waals surface area contributed by atoms with Gasteiger partial charge in [0.25, 0.3) is 5.91 Å². The molecule has 0 bridgehead atoms. The molecule has 5 amide bonds. The topological polar surface area (TPSA) is 229 Å². The average molecular weight is 952 g/mol. The Bertz CT molecular complexity index is 1800. The van der Waals surface area contributed by atoms with Crippen LogP contribution in [0.4, 0.5) is 4.79 Å². The number of aliphatic hydroxyl groups excluding tert-OH is 1. The third-order valence-corrected chi connectivity index (χ3v) is 14.0. The average Bonchev–Trinajstić information content (AvgIpc) is 3.77. The first-order valence-electron chi connectivity index (χ1n) is 22.1. The van der Waals surface area contributed by atoms with E-state index < -0.39 is 59.9 Å². The van der Waals surface area contributed by atoms with E-state index in [0.29, 0.717) is 31.4 Å². The smallest absolute Gasteiger partial charge is 0.426 e. The van der Waals surface area contributed by atoms with Gasteiger partial charge in [-0.1, -0.05) is 88.1 Å². The fourth-order valence-corrected chi connectivity index (χ4v) is 9.14. The standard InChI is InChI=1S/C44H69N7O10S3/c1-9-13-37(54)61-26-51(43(58)38(28(5)10-2)47-41(57)34-14-11-12-19-50(34)7)35(27(3)4)24-36(53)42-46-33(25-63-42)40(56)45-31(23-30-15-17-32(52)18-16-30)22-29(6)39(55)48-49-44(59)60-20-21-64-62-8/h15-18,25,27-29,31,34-36,38,52-53H,9-14,19-24,26H2,1-8H3,(H,45,56)(H,47,57)(H,48,55)(H,49,59)/t28?,29-,31+,34+,35+,36+,38-/m0/s1. The fourth-order valence-electron chi connectivity index (χ4n) is 7.32. The Morgan fingerprint density at radius 2 is 1.72 bits per heavy atom. The van der Waals surface area contributed by atoms with Crippen molar-refractivity contribution in [2.75, 3.05) is 38.9 Å². The van der Waals surface area contributed by atoms with Gasteiger partial charge in [0.05, 0.1) is 6.04 Å². The Balaban J connectivity index is 1.81. The van der Waals surface area contributed by atoms with E-state index in [1.165, 1.54) is 33.2 Å². The highest BCUT2D eigenvalue weighted by Gasteiger charge is 2.39. The number of aromatic nitrogens is 1. The van der Waals surface area contributed by atoms with Crippen molar-refractivity contribution in [2.45, 2.75) is 130 Å². The predicted molar refractivity (Wildman–Crippen MR) is 250 cm³/mol. The van der Waals surface area contributed by atoms with Gasteiger partial charge in [0.1, 0.15) is 35.2 Å². The van der Waals surface area contributed by atoms with Crippen molar-refractivity contribution in [3.05, 3.63) is 45.9 Å². The van der Waals surface area contributed by atoms with Crippen molar-refractivity contribution in [1.82, 2.24) is 36.3 Å². The van der Waals surface area contributed by atoms with Crippen LogP contribution in [0.3, 0.4) is 0 Å². The fraction of sp³-hybridized carbons (Fsp3) is 0.659. The normalized spacial score (nSPS) is 16.9. The summed E-state index contributed by atoms with van der Waals surface area (Å²) in [7, 11) is 4.98. The van der Waals surface area contributed by atoms with Crippen molar-refractivity contribution in [1.29, 1.82) is 0 Å². The molecule has 1 fully saturated rings. The number of piperidine rings is 1. The molecule has 1 aromatic carbocycles. The van der Waals surface area contributed by atoms with Gasteiger partial charge in [-0.15, -0.1) is 11.3 Å². The van der Waals surface area contributed by atoms with E-state index >= 15 is 0 Å². The summed E-state index contributed by atoms with van der Waals surface area (Å²) in [4.78, 5) is 87.7. The number of hydrogen-bond acceptors (Lipinski definition) is 15. The minimum absolute atomic E-state index is 0.00963. The highest BCUT2D eigenvalue weighted by atomic mass is 33.1. The Kier molecular flexibility index (Phi) is 23.8. The van der Waals surface area contributed by atoms with E-state index in [1.54, 1.807) is 29.9 Å². The molecule has 1 aliphatic rings. The number of likely N-dealkylation sites (N-methyl/N-ethyl adjacent to an activating group) is 1. The molecule has 6 N–H and O–H groups in total. The molecule has 7 atom stereocenters. The molecule has 64 heavy (non-hydrogen) atoms. The number of phenolic OH excluding ortho intramolecular Hbond substituents is 1. The molecule has 0 aliphatic carbocycles. The maximum absolute atomic E-state index is 14.7. The molecule has 0 saturated carbocycles. The lowest BCUT2D eigenvalue weighted by atomic mass is 9.92. The van der Waals surface area contributed by atoms with Crippen LogP contribution in [0, 0.1) is 17.8 Å². The number of hydrogen-bond donors (Lipinski definition) is 6. The summed E-state index contributed by atoms with van der Waals surface area (Å²) in [5.74, 6) is -2.68. The van der Waals surface area contributed by atoms with E-state index in [9.17, 15) is 39.0 Å². The molecule has 17 nitrogen and oxygen atoms in total. The van der Waals surface area contributed by atoms with Gasteiger partial charge in [-0.25, -0.2) is 15.2 Å². The maximum atomic E-state index is 14.7. The number of thiazole rings is 1. The number of phenols is 1. The Hall–Kier alpha value is -4.11. The van der Waals surface area contributed by atoms with Crippen LogP contribution in [0.5, 0.6) is 5.75 Å². The first-order chi connectivity index (χ1) is 30.5. The number of carbonyl (C=O) groups excluding carboxylic acids is 6. The molecule has 0 spiro atoms. The highest BCUT2D eigenvalue weighted by Crippen LogP contribution is 2.29.